The highest BCUT2D eigenvalue weighted by atomic mass is 32.2. The van der Waals surface area contributed by atoms with Crippen molar-refractivity contribution in [2.24, 2.45) is 0 Å². The predicted octanol–water partition coefficient (Wildman–Crippen LogP) is 2.56. The van der Waals surface area contributed by atoms with E-state index in [9.17, 15) is 13.2 Å². The van der Waals surface area contributed by atoms with Gasteiger partial charge in [0.15, 0.2) is 5.78 Å². The number of aromatic amines is 1. The zero-order valence-electron chi connectivity index (χ0n) is 14.4. The maximum atomic E-state index is 12.9. The maximum Gasteiger partial charge on any atom is 0.179 e. The summed E-state index contributed by atoms with van der Waals surface area (Å²) in [6.07, 6.45) is 3.32. The van der Waals surface area contributed by atoms with Crippen LogP contribution in [0.4, 0.5) is 0 Å². The Kier molecular flexibility index (Phi) is 4.53. The minimum Gasteiger partial charge on any atom is -0.358 e. The topological polar surface area (TPSA) is 70.2 Å². The lowest BCUT2D eigenvalue weighted by Gasteiger charge is -2.28. The molecular weight excluding hydrogens is 324 g/mol. The Morgan fingerprint density at radius 1 is 1.33 bits per heavy atom. The van der Waals surface area contributed by atoms with Gasteiger partial charge in [0, 0.05) is 40.5 Å². The van der Waals surface area contributed by atoms with Crippen molar-refractivity contribution < 1.29 is 13.2 Å². The molecular formula is C18H24N2O3S. The van der Waals surface area contributed by atoms with Crippen LogP contribution in [0.15, 0.2) is 24.3 Å². The SMILES string of the molecule is Cc1[nH]c2ccccc2c1C(=O)CN(C(C)CS(C)(=O)=O)C1CC1. The van der Waals surface area contributed by atoms with Crippen molar-refractivity contribution in [2.75, 3.05) is 18.6 Å². The van der Waals surface area contributed by atoms with E-state index in [2.05, 4.69) is 9.88 Å². The molecule has 1 unspecified atom stereocenters. The molecule has 6 heteroatoms. The van der Waals surface area contributed by atoms with Crippen molar-refractivity contribution in [3.63, 3.8) is 0 Å². The third-order valence-electron chi connectivity index (χ3n) is 4.62. The summed E-state index contributed by atoms with van der Waals surface area (Å²) in [5.41, 5.74) is 2.55. The lowest BCUT2D eigenvalue weighted by molar-refractivity contribution is 0.0899. The fraction of sp³-hybridized carbons (Fsp3) is 0.500. The predicted molar refractivity (Wildman–Crippen MR) is 96.3 cm³/mol. The smallest absolute Gasteiger partial charge is 0.179 e. The largest absolute Gasteiger partial charge is 0.358 e. The van der Waals surface area contributed by atoms with E-state index in [1.165, 1.54) is 6.26 Å². The molecule has 0 spiro atoms. The van der Waals surface area contributed by atoms with Crippen LogP contribution >= 0.6 is 0 Å². The zero-order chi connectivity index (χ0) is 17.5. The number of aryl methyl sites for hydroxylation is 1. The number of H-pyrrole nitrogens is 1. The highest BCUT2D eigenvalue weighted by molar-refractivity contribution is 7.90. The number of benzene rings is 1. The van der Waals surface area contributed by atoms with Crippen LogP contribution in [0.3, 0.4) is 0 Å². The summed E-state index contributed by atoms with van der Waals surface area (Å²) >= 11 is 0. The minimum atomic E-state index is -3.07. The average Bonchev–Trinajstić information content (AvgIpc) is 3.24. The minimum absolute atomic E-state index is 0.0530. The number of nitrogens with one attached hydrogen (secondary N) is 1. The van der Waals surface area contributed by atoms with Crippen molar-refractivity contribution in [1.29, 1.82) is 0 Å². The second-order valence-electron chi connectivity index (χ2n) is 6.94. The molecule has 2 aromatic rings. The van der Waals surface area contributed by atoms with Gasteiger partial charge in [0.05, 0.1) is 12.3 Å². The molecule has 24 heavy (non-hydrogen) atoms. The Morgan fingerprint density at radius 2 is 2.00 bits per heavy atom. The molecule has 0 radical (unpaired) electrons. The molecule has 1 saturated carbocycles. The van der Waals surface area contributed by atoms with E-state index in [0.717, 1.165) is 35.0 Å². The van der Waals surface area contributed by atoms with E-state index in [-0.39, 0.29) is 24.1 Å². The Labute approximate surface area is 143 Å². The van der Waals surface area contributed by atoms with Gasteiger partial charge in [0.1, 0.15) is 9.84 Å². The van der Waals surface area contributed by atoms with Crippen LogP contribution in [-0.4, -0.2) is 54.7 Å². The first-order valence-electron chi connectivity index (χ1n) is 8.30. The van der Waals surface area contributed by atoms with Crippen LogP contribution < -0.4 is 0 Å². The van der Waals surface area contributed by atoms with E-state index < -0.39 is 9.84 Å². The number of fused-ring (bicyclic) bond motifs is 1. The summed E-state index contributed by atoms with van der Waals surface area (Å²) in [5, 5.41) is 0.937. The molecule has 0 aliphatic heterocycles. The lowest BCUT2D eigenvalue weighted by atomic mass is 10.1. The highest BCUT2D eigenvalue weighted by Crippen LogP contribution is 2.30. The van der Waals surface area contributed by atoms with E-state index in [4.69, 9.17) is 0 Å². The molecule has 1 fully saturated rings. The standard InChI is InChI=1S/C18H24N2O3S/c1-12(11-24(3,22)23)20(14-8-9-14)10-17(21)18-13(2)19-16-7-5-4-6-15(16)18/h4-7,12,14,19H,8-11H2,1-3H3. The molecule has 1 aliphatic rings. The molecule has 0 saturated heterocycles. The number of carbonyl (C=O) groups excluding carboxylic acids is 1. The van der Waals surface area contributed by atoms with Crippen molar-refractivity contribution in [3.05, 3.63) is 35.5 Å². The summed E-state index contributed by atoms with van der Waals surface area (Å²) < 4.78 is 23.2. The van der Waals surface area contributed by atoms with Crippen molar-refractivity contribution in [3.8, 4) is 0 Å². The second kappa shape index (κ2) is 6.33. The molecule has 3 rings (SSSR count). The van der Waals surface area contributed by atoms with Crippen LogP contribution in [0.2, 0.25) is 0 Å². The molecule has 130 valence electrons. The molecule has 1 aromatic heterocycles. The van der Waals surface area contributed by atoms with Crippen LogP contribution in [-0.2, 0) is 9.84 Å². The Bertz CT molecular complexity index is 866. The van der Waals surface area contributed by atoms with Gasteiger partial charge in [-0.15, -0.1) is 0 Å². The first-order valence-corrected chi connectivity index (χ1v) is 10.4. The Balaban J connectivity index is 1.84. The third-order valence-corrected chi connectivity index (χ3v) is 5.71. The maximum absolute atomic E-state index is 12.9. The van der Waals surface area contributed by atoms with Gasteiger partial charge in [-0.2, -0.15) is 0 Å². The van der Waals surface area contributed by atoms with E-state index in [1.807, 2.05) is 38.1 Å². The van der Waals surface area contributed by atoms with Gasteiger partial charge in [-0.1, -0.05) is 18.2 Å². The average molecular weight is 348 g/mol. The fourth-order valence-electron chi connectivity index (χ4n) is 3.47. The summed E-state index contributed by atoms with van der Waals surface area (Å²) in [6.45, 7) is 4.08. The van der Waals surface area contributed by atoms with E-state index in [0.29, 0.717) is 6.04 Å². The van der Waals surface area contributed by atoms with Gasteiger partial charge >= 0.3 is 0 Å². The number of aromatic nitrogens is 1. The normalized spacial score (nSPS) is 16.7. The number of nitrogens with zero attached hydrogens (tertiary/aromatic N) is 1. The number of sulfone groups is 1. The van der Waals surface area contributed by atoms with Gasteiger partial charge in [0.25, 0.3) is 0 Å². The number of para-hydroxylation sites is 1. The van der Waals surface area contributed by atoms with Crippen LogP contribution in [0.25, 0.3) is 10.9 Å². The van der Waals surface area contributed by atoms with Gasteiger partial charge in [0.2, 0.25) is 0 Å². The zero-order valence-corrected chi connectivity index (χ0v) is 15.2. The van der Waals surface area contributed by atoms with Gasteiger partial charge in [-0.05, 0) is 32.8 Å². The fourth-order valence-corrected chi connectivity index (χ4v) is 4.53. The van der Waals surface area contributed by atoms with Crippen LogP contribution in [0, 0.1) is 6.92 Å². The number of carbonyl (C=O) groups is 1. The summed E-state index contributed by atoms with van der Waals surface area (Å²) in [5.74, 6) is 0.140. The van der Waals surface area contributed by atoms with Gasteiger partial charge < -0.3 is 4.98 Å². The van der Waals surface area contributed by atoms with Gasteiger partial charge in [-0.25, -0.2) is 8.42 Å². The second-order valence-corrected chi connectivity index (χ2v) is 9.12. The molecule has 1 aromatic carbocycles. The number of hydrogen-bond donors (Lipinski definition) is 1. The number of Topliss-reactive ketones (excluding diaryl/α,β-unsaturated/α-hetero) is 1. The quantitative estimate of drug-likeness (QED) is 0.781. The number of ketones is 1. The van der Waals surface area contributed by atoms with Crippen molar-refractivity contribution in [2.45, 2.75) is 38.8 Å². The summed E-state index contributed by atoms with van der Waals surface area (Å²) in [4.78, 5) is 18.3. The molecule has 1 aliphatic carbocycles. The molecule has 1 heterocycles. The Morgan fingerprint density at radius 3 is 2.62 bits per heavy atom. The number of hydrogen-bond acceptors (Lipinski definition) is 4. The van der Waals surface area contributed by atoms with Crippen LogP contribution in [0.5, 0.6) is 0 Å². The first kappa shape index (κ1) is 17.2. The third kappa shape index (κ3) is 3.70. The summed E-state index contributed by atoms with van der Waals surface area (Å²) in [6, 6.07) is 7.96. The van der Waals surface area contributed by atoms with E-state index in [1.54, 1.807) is 0 Å². The monoisotopic (exact) mass is 348 g/mol. The van der Waals surface area contributed by atoms with E-state index >= 15 is 0 Å². The summed E-state index contributed by atoms with van der Waals surface area (Å²) in [7, 11) is -3.07. The Hall–Kier alpha value is -1.66. The van der Waals surface area contributed by atoms with Crippen LogP contribution in [0.1, 0.15) is 35.8 Å². The molecule has 1 N–H and O–H groups in total. The number of rotatable bonds is 7. The molecule has 0 amide bonds. The van der Waals surface area contributed by atoms with Crippen molar-refractivity contribution >= 4 is 26.5 Å². The van der Waals surface area contributed by atoms with Gasteiger partial charge in [-0.3, -0.25) is 9.69 Å². The molecule has 5 nitrogen and oxygen atoms in total. The lowest BCUT2D eigenvalue weighted by Crippen LogP contribution is -2.42. The molecule has 0 bridgehead atoms. The first-order chi connectivity index (χ1) is 11.3. The van der Waals surface area contributed by atoms with Crippen molar-refractivity contribution in [1.82, 2.24) is 9.88 Å². The highest BCUT2D eigenvalue weighted by Gasteiger charge is 2.35. The molecule has 1 atom stereocenters.